The highest BCUT2D eigenvalue weighted by atomic mass is 32.2. The van der Waals surface area contributed by atoms with E-state index in [1.165, 1.54) is 29.0 Å². The van der Waals surface area contributed by atoms with Gasteiger partial charge in [-0.2, -0.15) is 0 Å². The van der Waals surface area contributed by atoms with E-state index >= 15 is 0 Å². The summed E-state index contributed by atoms with van der Waals surface area (Å²) in [4.78, 5) is 3.78. The Hall–Kier alpha value is -1.41. The number of benzene rings is 2. The second-order valence-corrected chi connectivity index (χ2v) is 6.29. The van der Waals surface area contributed by atoms with E-state index in [-0.39, 0.29) is 0 Å². The fraction of sp³-hybridized carbons (Fsp3) is 0.294. The molecule has 2 heteroatoms. The molecule has 3 rings (SSSR count). The standard InChI is InChI=1S/C17H19NS/c1-18-13-7-12-16(14-8-3-2-4-9-14)19-17-11-6-5-10-15(17)18/h2-6,8-11,16H,7,12-13H2,1H3. The Morgan fingerprint density at radius 3 is 2.58 bits per heavy atom. The Balaban J connectivity index is 1.93. The molecule has 1 heterocycles. The van der Waals surface area contributed by atoms with Crippen LogP contribution in [0.2, 0.25) is 0 Å². The minimum absolute atomic E-state index is 0.580. The van der Waals surface area contributed by atoms with Crippen LogP contribution >= 0.6 is 11.8 Å². The molecule has 1 nitrogen and oxygen atoms in total. The summed E-state index contributed by atoms with van der Waals surface area (Å²) in [5.41, 5.74) is 2.82. The zero-order valence-electron chi connectivity index (χ0n) is 11.3. The molecule has 0 radical (unpaired) electrons. The van der Waals surface area contributed by atoms with E-state index in [2.05, 4.69) is 66.5 Å². The second kappa shape index (κ2) is 5.70. The van der Waals surface area contributed by atoms with Gasteiger partial charge in [0, 0.05) is 23.7 Å². The predicted molar refractivity (Wildman–Crippen MR) is 84.0 cm³/mol. The maximum Gasteiger partial charge on any atom is 0.0502 e. The van der Waals surface area contributed by atoms with Gasteiger partial charge in [0.1, 0.15) is 0 Å². The number of thioether (sulfide) groups is 1. The lowest BCUT2D eigenvalue weighted by atomic mass is 10.1. The molecular formula is C17H19NS. The lowest BCUT2D eigenvalue weighted by Crippen LogP contribution is -2.21. The molecule has 1 aliphatic heterocycles. The van der Waals surface area contributed by atoms with Crippen LogP contribution in [0, 0.1) is 0 Å². The molecule has 0 fully saturated rings. The molecule has 0 spiro atoms. The van der Waals surface area contributed by atoms with Crippen LogP contribution in [0.4, 0.5) is 5.69 Å². The maximum atomic E-state index is 2.38. The summed E-state index contributed by atoms with van der Waals surface area (Å²) in [5, 5.41) is 0.580. The van der Waals surface area contributed by atoms with Gasteiger partial charge < -0.3 is 4.90 Å². The van der Waals surface area contributed by atoms with Crippen LogP contribution in [0.1, 0.15) is 23.7 Å². The molecule has 1 unspecified atom stereocenters. The van der Waals surface area contributed by atoms with Gasteiger partial charge in [0.2, 0.25) is 0 Å². The number of nitrogens with zero attached hydrogens (tertiary/aromatic N) is 1. The van der Waals surface area contributed by atoms with Crippen LogP contribution in [0.15, 0.2) is 59.5 Å². The fourth-order valence-electron chi connectivity index (χ4n) is 2.62. The molecule has 0 saturated carbocycles. The van der Waals surface area contributed by atoms with E-state index in [0.717, 1.165) is 6.54 Å². The van der Waals surface area contributed by atoms with E-state index < -0.39 is 0 Å². The van der Waals surface area contributed by atoms with Gasteiger partial charge in [-0.3, -0.25) is 0 Å². The molecule has 1 aliphatic rings. The lowest BCUT2D eigenvalue weighted by Gasteiger charge is -2.28. The molecule has 0 aliphatic carbocycles. The van der Waals surface area contributed by atoms with Gasteiger partial charge in [0.15, 0.2) is 0 Å². The van der Waals surface area contributed by atoms with Crippen molar-refractivity contribution in [2.75, 3.05) is 18.5 Å². The van der Waals surface area contributed by atoms with Crippen molar-refractivity contribution in [2.45, 2.75) is 23.0 Å². The number of anilines is 1. The van der Waals surface area contributed by atoms with Crippen LogP contribution in [-0.4, -0.2) is 13.6 Å². The van der Waals surface area contributed by atoms with E-state index in [1.807, 2.05) is 11.8 Å². The summed E-state index contributed by atoms with van der Waals surface area (Å²) < 4.78 is 0. The summed E-state index contributed by atoms with van der Waals surface area (Å²) >= 11 is 2.01. The zero-order chi connectivity index (χ0) is 13.1. The Morgan fingerprint density at radius 2 is 1.74 bits per heavy atom. The van der Waals surface area contributed by atoms with E-state index in [4.69, 9.17) is 0 Å². The van der Waals surface area contributed by atoms with Crippen LogP contribution in [0.3, 0.4) is 0 Å². The largest absolute Gasteiger partial charge is 0.374 e. The molecule has 2 aromatic rings. The van der Waals surface area contributed by atoms with Crippen molar-refractivity contribution in [3.8, 4) is 0 Å². The topological polar surface area (TPSA) is 3.24 Å². The second-order valence-electron chi connectivity index (χ2n) is 5.05. The Labute approximate surface area is 119 Å². The first-order valence-electron chi connectivity index (χ1n) is 6.86. The summed E-state index contributed by atoms with van der Waals surface area (Å²) in [6.45, 7) is 1.14. The molecule has 0 aromatic heterocycles. The van der Waals surface area contributed by atoms with Crippen LogP contribution in [-0.2, 0) is 0 Å². The third kappa shape index (κ3) is 2.79. The lowest BCUT2D eigenvalue weighted by molar-refractivity contribution is 0.700. The average Bonchev–Trinajstić information content (AvgIpc) is 2.45. The Bertz CT molecular complexity index is 538. The van der Waals surface area contributed by atoms with Crippen molar-refractivity contribution in [1.82, 2.24) is 0 Å². The highest BCUT2D eigenvalue weighted by molar-refractivity contribution is 7.99. The molecule has 0 N–H and O–H groups in total. The highest BCUT2D eigenvalue weighted by Crippen LogP contribution is 2.43. The molecule has 19 heavy (non-hydrogen) atoms. The maximum absolute atomic E-state index is 2.38. The first kappa shape index (κ1) is 12.6. The third-order valence-corrected chi connectivity index (χ3v) is 5.07. The van der Waals surface area contributed by atoms with Crippen LogP contribution < -0.4 is 4.90 Å². The number of hydrogen-bond acceptors (Lipinski definition) is 2. The minimum atomic E-state index is 0.580. The summed E-state index contributed by atoms with van der Waals surface area (Å²) in [6.07, 6.45) is 2.49. The highest BCUT2D eigenvalue weighted by Gasteiger charge is 2.19. The van der Waals surface area contributed by atoms with Gasteiger partial charge in [-0.15, -0.1) is 11.8 Å². The smallest absolute Gasteiger partial charge is 0.0502 e. The number of para-hydroxylation sites is 1. The molecule has 98 valence electrons. The normalized spacial score (nSPS) is 19.4. The quantitative estimate of drug-likeness (QED) is 0.735. The minimum Gasteiger partial charge on any atom is -0.374 e. The van der Waals surface area contributed by atoms with Crippen molar-refractivity contribution < 1.29 is 0 Å². The van der Waals surface area contributed by atoms with Gasteiger partial charge >= 0.3 is 0 Å². The number of fused-ring (bicyclic) bond motifs is 1. The first-order chi connectivity index (χ1) is 9.34. The molecule has 0 saturated heterocycles. The van der Waals surface area contributed by atoms with E-state index in [9.17, 15) is 0 Å². The van der Waals surface area contributed by atoms with E-state index in [1.54, 1.807) is 0 Å². The molecule has 2 aromatic carbocycles. The molecule has 0 bridgehead atoms. The molecule has 1 atom stereocenters. The summed E-state index contributed by atoms with van der Waals surface area (Å²) in [7, 11) is 2.20. The first-order valence-corrected chi connectivity index (χ1v) is 7.74. The monoisotopic (exact) mass is 269 g/mol. The van der Waals surface area contributed by atoms with Crippen molar-refractivity contribution in [3.63, 3.8) is 0 Å². The van der Waals surface area contributed by atoms with Gasteiger partial charge in [0.25, 0.3) is 0 Å². The number of hydrogen-bond donors (Lipinski definition) is 0. The predicted octanol–water partition coefficient (Wildman–Crippen LogP) is 4.75. The van der Waals surface area contributed by atoms with Crippen molar-refractivity contribution >= 4 is 17.4 Å². The zero-order valence-corrected chi connectivity index (χ0v) is 12.1. The summed E-state index contributed by atoms with van der Waals surface area (Å²) in [5.74, 6) is 0. The van der Waals surface area contributed by atoms with Crippen LogP contribution in [0.5, 0.6) is 0 Å². The SMILES string of the molecule is CN1CCCC(c2ccccc2)Sc2ccccc21. The fourth-order valence-corrected chi connectivity index (χ4v) is 4.01. The average molecular weight is 269 g/mol. The third-order valence-electron chi connectivity index (χ3n) is 3.68. The van der Waals surface area contributed by atoms with Crippen molar-refractivity contribution in [1.29, 1.82) is 0 Å². The van der Waals surface area contributed by atoms with Gasteiger partial charge in [-0.1, -0.05) is 42.5 Å². The van der Waals surface area contributed by atoms with Gasteiger partial charge in [-0.25, -0.2) is 0 Å². The molecule has 0 amide bonds. The molecular weight excluding hydrogens is 250 g/mol. The van der Waals surface area contributed by atoms with Crippen LogP contribution in [0.25, 0.3) is 0 Å². The van der Waals surface area contributed by atoms with Gasteiger partial charge in [0.05, 0.1) is 5.69 Å². The summed E-state index contributed by atoms with van der Waals surface area (Å²) in [6, 6.07) is 19.7. The van der Waals surface area contributed by atoms with Gasteiger partial charge in [-0.05, 0) is 30.5 Å². The van der Waals surface area contributed by atoms with Crippen molar-refractivity contribution in [2.24, 2.45) is 0 Å². The Morgan fingerprint density at radius 1 is 1.00 bits per heavy atom. The van der Waals surface area contributed by atoms with E-state index in [0.29, 0.717) is 5.25 Å². The van der Waals surface area contributed by atoms with Crippen molar-refractivity contribution in [3.05, 3.63) is 60.2 Å². The Kier molecular flexibility index (Phi) is 3.79. The number of rotatable bonds is 1.